The number of ether oxygens (including phenoxy) is 1. The first-order valence-electron chi connectivity index (χ1n) is 6.64. The Kier molecular flexibility index (Phi) is 6.12. The maximum Gasteiger partial charge on any atom is 0.326 e. The van der Waals surface area contributed by atoms with Crippen molar-refractivity contribution >= 4 is 5.97 Å². The first-order chi connectivity index (χ1) is 9.07. The second-order valence-electron chi connectivity index (χ2n) is 4.51. The maximum atomic E-state index is 12.0. The number of nitrogens with zero attached hydrogens (tertiary/aromatic N) is 1. The van der Waals surface area contributed by atoms with Gasteiger partial charge in [-0.1, -0.05) is 26.2 Å². The van der Waals surface area contributed by atoms with Crippen molar-refractivity contribution in [1.82, 2.24) is 4.57 Å². The topological polar surface area (TPSA) is 68.5 Å². The Morgan fingerprint density at radius 3 is 2.79 bits per heavy atom. The van der Waals surface area contributed by atoms with Crippen LogP contribution >= 0.6 is 0 Å². The molecule has 1 rings (SSSR count). The number of aliphatic carboxylic acids is 1. The number of hydrogen-bond acceptors (Lipinski definition) is 3. The summed E-state index contributed by atoms with van der Waals surface area (Å²) >= 11 is 0. The summed E-state index contributed by atoms with van der Waals surface area (Å²) in [6, 6.07) is 2.31. The fourth-order valence-electron chi connectivity index (χ4n) is 1.73. The van der Waals surface area contributed by atoms with Crippen molar-refractivity contribution in [3.05, 3.63) is 28.7 Å². The Balaban J connectivity index is 2.67. The van der Waals surface area contributed by atoms with Crippen molar-refractivity contribution in [2.24, 2.45) is 0 Å². The van der Waals surface area contributed by atoms with Gasteiger partial charge < -0.3 is 9.84 Å². The molecule has 1 aromatic heterocycles. The average Bonchev–Trinajstić information content (AvgIpc) is 2.39. The quantitative estimate of drug-likeness (QED) is 0.734. The third kappa shape index (κ3) is 4.43. The molecule has 0 bridgehead atoms. The largest absolute Gasteiger partial charge is 0.488 e. The lowest BCUT2D eigenvalue weighted by molar-refractivity contribution is -0.140. The molecule has 19 heavy (non-hydrogen) atoms. The van der Waals surface area contributed by atoms with Gasteiger partial charge in [0.25, 0.3) is 5.56 Å². The Morgan fingerprint density at radius 2 is 2.16 bits per heavy atom. The number of unbranched alkanes of at least 4 members (excludes halogenated alkanes) is 3. The van der Waals surface area contributed by atoms with Gasteiger partial charge in [-0.15, -0.1) is 0 Å². The van der Waals surface area contributed by atoms with Crippen LogP contribution in [0.15, 0.2) is 23.1 Å². The van der Waals surface area contributed by atoms with Crippen LogP contribution in [0.2, 0.25) is 0 Å². The third-order valence-electron chi connectivity index (χ3n) is 2.97. The van der Waals surface area contributed by atoms with Crippen molar-refractivity contribution in [2.45, 2.75) is 45.6 Å². The van der Waals surface area contributed by atoms with E-state index in [0.717, 1.165) is 25.7 Å². The zero-order chi connectivity index (χ0) is 14.3. The molecule has 0 spiro atoms. The molecule has 1 unspecified atom stereocenters. The molecule has 0 aliphatic carbocycles. The lowest BCUT2D eigenvalue weighted by Crippen LogP contribution is -2.28. The van der Waals surface area contributed by atoms with Gasteiger partial charge in [0.1, 0.15) is 6.04 Å². The summed E-state index contributed by atoms with van der Waals surface area (Å²) in [5, 5.41) is 8.92. The second kappa shape index (κ2) is 7.61. The second-order valence-corrected chi connectivity index (χ2v) is 4.51. The fraction of sp³-hybridized carbons (Fsp3) is 0.571. The van der Waals surface area contributed by atoms with Gasteiger partial charge in [-0.2, -0.15) is 0 Å². The van der Waals surface area contributed by atoms with E-state index in [1.807, 2.05) is 0 Å². The van der Waals surface area contributed by atoms with Crippen molar-refractivity contribution in [3.63, 3.8) is 0 Å². The lowest BCUT2D eigenvalue weighted by Gasteiger charge is -2.12. The smallest absolute Gasteiger partial charge is 0.326 e. The Bertz CT molecular complexity index is 467. The normalized spacial score (nSPS) is 12.1. The first kappa shape index (κ1) is 15.3. The highest BCUT2D eigenvalue weighted by molar-refractivity contribution is 5.71. The predicted molar refractivity (Wildman–Crippen MR) is 72.7 cm³/mol. The van der Waals surface area contributed by atoms with Crippen LogP contribution in [0.3, 0.4) is 0 Å². The van der Waals surface area contributed by atoms with E-state index in [-0.39, 0.29) is 5.75 Å². The minimum atomic E-state index is -1.04. The van der Waals surface area contributed by atoms with Crippen LogP contribution in [0.5, 0.6) is 5.75 Å². The predicted octanol–water partition coefficient (Wildman–Crippen LogP) is 2.45. The molecule has 0 aromatic carbocycles. The highest BCUT2D eigenvalue weighted by atomic mass is 16.5. The number of hydrogen-bond donors (Lipinski definition) is 1. The van der Waals surface area contributed by atoms with E-state index < -0.39 is 17.6 Å². The van der Waals surface area contributed by atoms with E-state index in [4.69, 9.17) is 9.84 Å². The Labute approximate surface area is 112 Å². The van der Waals surface area contributed by atoms with Crippen LogP contribution < -0.4 is 10.3 Å². The Morgan fingerprint density at radius 1 is 1.42 bits per heavy atom. The van der Waals surface area contributed by atoms with Gasteiger partial charge >= 0.3 is 5.97 Å². The number of pyridine rings is 1. The summed E-state index contributed by atoms with van der Waals surface area (Å²) < 4.78 is 6.60. The summed E-state index contributed by atoms with van der Waals surface area (Å²) in [6.07, 6.45) is 5.73. The Hall–Kier alpha value is -1.78. The van der Waals surface area contributed by atoms with Gasteiger partial charge in [-0.3, -0.25) is 9.36 Å². The highest BCUT2D eigenvalue weighted by Crippen LogP contribution is 2.08. The molecule has 1 heterocycles. The molecule has 1 aromatic rings. The number of carboxylic acid groups (broad SMARTS) is 1. The first-order valence-corrected chi connectivity index (χ1v) is 6.64. The van der Waals surface area contributed by atoms with E-state index in [9.17, 15) is 9.59 Å². The molecular formula is C14H21NO4. The zero-order valence-electron chi connectivity index (χ0n) is 11.5. The zero-order valence-corrected chi connectivity index (χ0v) is 11.5. The highest BCUT2D eigenvalue weighted by Gasteiger charge is 2.16. The van der Waals surface area contributed by atoms with E-state index >= 15 is 0 Å². The molecule has 106 valence electrons. The number of carboxylic acids is 1. The van der Waals surface area contributed by atoms with Crippen LogP contribution in [0.25, 0.3) is 0 Å². The van der Waals surface area contributed by atoms with E-state index in [2.05, 4.69) is 6.92 Å². The molecule has 0 radical (unpaired) electrons. The van der Waals surface area contributed by atoms with Gasteiger partial charge in [0.15, 0.2) is 5.75 Å². The van der Waals surface area contributed by atoms with Gasteiger partial charge in [-0.25, -0.2) is 4.79 Å². The molecule has 0 aliphatic rings. The number of rotatable bonds is 8. The molecule has 5 nitrogen and oxygen atoms in total. The molecule has 0 fully saturated rings. The standard InChI is InChI=1S/C14H21NO4/c1-3-4-5-6-10-19-12-8-7-9-15(13(12)16)11(2)14(17)18/h7-9,11H,3-6,10H2,1-2H3,(H,17,18). The van der Waals surface area contributed by atoms with Crippen molar-refractivity contribution in [2.75, 3.05) is 6.61 Å². The summed E-state index contributed by atoms with van der Waals surface area (Å²) in [5.74, 6) is -0.825. The molecule has 1 N–H and O–H groups in total. The van der Waals surface area contributed by atoms with E-state index in [0.29, 0.717) is 6.61 Å². The molecule has 0 saturated carbocycles. The summed E-state index contributed by atoms with van der Waals surface area (Å²) in [6.45, 7) is 4.08. The third-order valence-corrected chi connectivity index (χ3v) is 2.97. The van der Waals surface area contributed by atoms with Crippen molar-refractivity contribution in [3.8, 4) is 5.75 Å². The molecule has 0 saturated heterocycles. The van der Waals surface area contributed by atoms with Crippen molar-refractivity contribution in [1.29, 1.82) is 0 Å². The molecule has 0 amide bonds. The molecule has 0 aliphatic heterocycles. The van der Waals surface area contributed by atoms with Crippen molar-refractivity contribution < 1.29 is 14.6 Å². The van der Waals surface area contributed by atoms with Crippen LogP contribution in [-0.4, -0.2) is 22.2 Å². The number of carbonyl (C=O) groups is 1. The van der Waals surface area contributed by atoms with Crippen LogP contribution in [0, 0.1) is 0 Å². The van der Waals surface area contributed by atoms with E-state index in [1.54, 1.807) is 12.1 Å². The van der Waals surface area contributed by atoms with Gasteiger partial charge in [0, 0.05) is 6.20 Å². The molecule has 5 heteroatoms. The van der Waals surface area contributed by atoms with Crippen LogP contribution in [0.4, 0.5) is 0 Å². The monoisotopic (exact) mass is 267 g/mol. The maximum absolute atomic E-state index is 12.0. The molecular weight excluding hydrogens is 246 g/mol. The van der Waals surface area contributed by atoms with E-state index in [1.165, 1.54) is 17.7 Å². The summed E-state index contributed by atoms with van der Waals surface area (Å²) in [7, 11) is 0. The minimum Gasteiger partial charge on any atom is -0.488 e. The van der Waals surface area contributed by atoms with Crippen LogP contribution in [0.1, 0.15) is 45.6 Å². The number of aromatic nitrogens is 1. The lowest BCUT2D eigenvalue weighted by atomic mass is 10.2. The average molecular weight is 267 g/mol. The van der Waals surface area contributed by atoms with Gasteiger partial charge in [0.05, 0.1) is 6.61 Å². The SMILES string of the molecule is CCCCCCOc1cccn(C(C)C(=O)O)c1=O. The van der Waals surface area contributed by atoms with Gasteiger partial charge in [0.2, 0.25) is 0 Å². The van der Waals surface area contributed by atoms with Crippen LogP contribution in [-0.2, 0) is 4.79 Å². The molecule has 1 atom stereocenters. The summed E-state index contributed by atoms with van der Waals surface area (Å²) in [4.78, 5) is 22.9. The fourth-order valence-corrected chi connectivity index (χ4v) is 1.73. The van der Waals surface area contributed by atoms with Gasteiger partial charge in [-0.05, 0) is 25.5 Å². The minimum absolute atomic E-state index is 0.215. The summed E-state index contributed by atoms with van der Waals surface area (Å²) in [5.41, 5.74) is -0.395.